The van der Waals surface area contributed by atoms with E-state index in [9.17, 15) is 19.2 Å². The maximum atomic E-state index is 12.9. The Hall–Kier alpha value is -2.70. The van der Waals surface area contributed by atoms with E-state index in [2.05, 4.69) is 10.6 Å². The standard InChI is InChI=1S/C20H12Cl2N2O4/c21-7-1-3-9-11(5-7)13-15(19(27)23-17(9)25)14-12-6-8(22)2-4-10(12)18(26)24-20(28)16(13)14/h1-6,13-16H,(H,23,25,27)(H,24,26,28)/t13-,14?,15-,16?/m0/s1. The molecular formula is C20H12Cl2N2O4. The maximum absolute atomic E-state index is 12.9. The summed E-state index contributed by atoms with van der Waals surface area (Å²) >= 11 is 12.3. The van der Waals surface area contributed by atoms with Crippen LogP contribution in [-0.2, 0) is 9.59 Å². The van der Waals surface area contributed by atoms with Crippen molar-refractivity contribution >= 4 is 46.8 Å². The molecular weight excluding hydrogens is 403 g/mol. The van der Waals surface area contributed by atoms with Crippen molar-refractivity contribution in [2.24, 2.45) is 11.8 Å². The van der Waals surface area contributed by atoms with Gasteiger partial charge in [-0.05, 0) is 47.5 Å². The number of halogens is 2. The number of carbonyl (C=O) groups excluding carboxylic acids is 4. The van der Waals surface area contributed by atoms with Crippen molar-refractivity contribution in [1.29, 1.82) is 0 Å². The van der Waals surface area contributed by atoms with Gasteiger partial charge in [-0.3, -0.25) is 29.8 Å². The molecule has 5 rings (SSSR count). The van der Waals surface area contributed by atoms with Gasteiger partial charge in [-0.15, -0.1) is 0 Å². The van der Waals surface area contributed by atoms with Crippen molar-refractivity contribution in [3.63, 3.8) is 0 Å². The Morgan fingerprint density at radius 3 is 1.39 bits per heavy atom. The third kappa shape index (κ3) is 2.28. The second kappa shape index (κ2) is 5.90. The van der Waals surface area contributed by atoms with Gasteiger partial charge in [0.1, 0.15) is 0 Å². The van der Waals surface area contributed by atoms with Gasteiger partial charge in [0.25, 0.3) is 11.8 Å². The van der Waals surface area contributed by atoms with E-state index in [0.717, 1.165) is 0 Å². The fourth-order valence-corrected chi connectivity index (χ4v) is 5.09. The average Bonchev–Trinajstić information content (AvgIpc) is 2.73. The van der Waals surface area contributed by atoms with E-state index in [-0.39, 0.29) is 0 Å². The van der Waals surface area contributed by atoms with E-state index in [1.807, 2.05) is 0 Å². The minimum atomic E-state index is -0.692. The lowest BCUT2D eigenvalue weighted by atomic mass is 9.52. The van der Waals surface area contributed by atoms with Gasteiger partial charge in [0.2, 0.25) is 11.8 Å². The molecule has 0 saturated heterocycles. The average molecular weight is 415 g/mol. The first kappa shape index (κ1) is 17.4. The quantitative estimate of drug-likeness (QED) is 0.648. The number of nitrogens with one attached hydrogen (secondary N) is 2. The summed E-state index contributed by atoms with van der Waals surface area (Å²) in [6.45, 7) is 0. The zero-order valence-corrected chi connectivity index (χ0v) is 15.7. The van der Waals surface area contributed by atoms with E-state index < -0.39 is 47.3 Å². The summed E-state index contributed by atoms with van der Waals surface area (Å²) in [6, 6.07) is 9.43. The van der Waals surface area contributed by atoms with Crippen LogP contribution in [0.5, 0.6) is 0 Å². The number of carbonyl (C=O) groups is 4. The number of rotatable bonds is 0. The van der Waals surface area contributed by atoms with Crippen LogP contribution in [0.3, 0.4) is 0 Å². The van der Waals surface area contributed by atoms with Crippen molar-refractivity contribution in [3.05, 3.63) is 68.7 Å². The minimum Gasteiger partial charge on any atom is -0.292 e. The van der Waals surface area contributed by atoms with Crippen LogP contribution < -0.4 is 10.6 Å². The molecule has 2 aliphatic heterocycles. The molecule has 0 bridgehead atoms. The number of benzene rings is 2. The second-order valence-corrected chi connectivity index (χ2v) is 8.08. The van der Waals surface area contributed by atoms with Gasteiger partial charge in [-0.1, -0.05) is 23.2 Å². The molecule has 0 atom stereocenters. The molecule has 0 spiro atoms. The van der Waals surface area contributed by atoms with Gasteiger partial charge in [-0.25, -0.2) is 0 Å². The van der Waals surface area contributed by atoms with Gasteiger partial charge in [0, 0.05) is 33.0 Å². The summed E-state index contributed by atoms with van der Waals surface area (Å²) in [4.78, 5) is 50.8. The summed E-state index contributed by atoms with van der Waals surface area (Å²) in [5, 5.41) is 5.61. The Kier molecular flexibility index (Phi) is 3.66. The number of amides is 4. The van der Waals surface area contributed by atoms with E-state index in [4.69, 9.17) is 23.2 Å². The summed E-state index contributed by atoms with van der Waals surface area (Å²) in [6.07, 6.45) is 0. The van der Waals surface area contributed by atoms with Gasteiger partial charge in [0.05, 0.1) is 11.8 Å². The van der Waals surface area contributed by atoms with Gasteiger partial charge >= 0.3 is 0 Å². The Balaban J connectivity index is 1.74. The van der Waals surface area contributed by atoms with Crippen LogP contribution >= 0.6 is 23.2 Å². The smallest absolute Gasteiger partial charge is 0.258 e. The van der Waals surface area contributed by atoms with Gasteiger partial charge in [0.15, 0.2) is 0 Å². The van der Waals surface area contributed by atoms with E-state index in [1.54, 1.807) is 36.4 Å². The van der Waals surface area contributed by atoms with E-state index in [0.29, 0.717) is 32.3 Å². The molecule has 2 N–H and O–H groups in total. The molecule has 1 aliphatic carbocycles. The van der Waals surface area contributed by atoms with Gasteiger partial charge in [-0.2, -0.15) is 0 Å². The summed E-state index contributed by atoms with van der Waals surface area (Å²) < 4.78 is 0. The predicted octanol–water partition coefficient (Wildman–Crippen LogP) is 2.65. The lowest BCUT2D eigenvalue weighted by molar-refractivity contribution is -0.138. The van der Waals surface area contributed by atoms with Crippen LogP contribution in [0.2, 0.25) is 10.0 Å². The van der Waals surface area contributed by atoms with Crippen LogP contribution in [0.15, 0.2) is 36.4 Å². The molecule has 0 aromatic heterocycles. The summed E-state index contributed by atoms with van der Waals surface area (Å²) in [5.41, 5.74) is 1.68. The van der Waals surface area contributed by atoms with E-state index >= 15 is 0 Å². The number of hydrogen-bond acceptors (Lipinski definition) is 4. The van der Waals surface area contributed by atoms with E-state index in [1.165, 1.54) is 0 Å². The fourth-order valence-electron chi connectivity index (χ4n) is 4.73. The highest BCUT2D eigenvalue weighted by Crippen LogP contribution is 2.60. The topological polar surface area (TPSA) is 92.3 Å². The predicted molar refractivity (Wildman–Crippen MR) is 100 cm³/mol. The third-order valence-electron chi connectivity index (χ3n) is 5.86. The monoisotopic (exact) mass is 414 g/mol. The van der Waals surface area contributed by atoms with Crippen LogP contribution in [-0.4, -0.2) is 23.6 Å². The Morgan fingerprint density at radius 1 is 0.607 bits per heavy atom. The molecule has 3 aliphatic rings. The van der Waals surface area contributed by atoms with Crippen LogP contribution in [0.4, 0.5) is 0 Å². The largest absolute Gasteiger partial charge is 0.292 e. The maximum Gasteiger partial charge on any atom is 0.258 e. The Labute approximate surface area is 169 Å². The molecule has 8 heteroatoms. The zero-order valence-electron chi connectivity index (χ0n) is 14.2. The number of imide groups is 2. The molecule has 1 saturated carbocycles. The van der Waals surface area contributed by atoms with Crippen LogP contribution in [0.25, 0.3) is 0 Å². The van der Waals surface area contributed by atoms with Crippen molar-refractivity contribution in [3.8, 4) is 0 Å². The third-order valence-corrected chi connectivity index (χ3v) is 6.33. The first-order valence-corrected chi connectivity index (χ1v) is 9.41. The molecule has 2 aromatic carbocycles. The van der Waals surface area contributed by atoms with Crippen molar-refractivity contribution in [2.45, 2.75) is 11.8 Å². The van der Waals surface area contributed by atoms with Crippen LogP contribution in [0, 0.1) is 11.8 Å². The summed E-state index contributed by atoms with van der Waals surface area (Å²) in [5.74, 6) is -4.52. The molecule has 6 nitrogen and oxygen atoms in total. The first-order valence-electron chi connectivity index (χ1n) is 8.66. The molecule has 0 unspecified atom stereocenters. The molecule has 140 valence electrons. The van der Waals surface area contributed by atoms with Crippen molar-refractivity contribution in [2.75, 3.05) is 0 Å². The fraction of sp³-hybridized carbons (Fsp3) is 0.200. The first-order chi connectivity index (χ1) is 13.4. The molecule has 4 amide bonds. The number of fused-ring (bicyclic) bond motifs is 8. The van der Waals surface area contributed by atoms with Crippen LogP contribution in [0.1, 0.15) is 43.7 Å². The highest BCUT2D eigenvalue weighted by atomic mass is 35.5. The zero-order chi connectivity index (χ0) is 19.7. The highest BCUT2D eigenvalue weighted by molar-refractivity contribution is 6.31. The van der Waals surface area contributed by atoms with Gasteiger partial charge < -0.3 is 0 Å². The SMILES string of the molecule is O=C1NC(=O)C2C(c3cc(Cl)ccc31)[C@H]1C(=O)NC(=O)c3ccc(Cl)cc3[C@H]21. The normalized spacial score (nSPS) is 27.8. The molecule has 1 fully saturated rings. The lowest BCUT2D eigenvalue weighted by Crippen LogP contribution is -2.54. The van der Waals surface area contributed by atoms with Crippen molar-refractivity contribution in [1.82, 2.24) is 10.6 Å². The molecule has 28 heavy (non-hydrogen) atoms. The molecule has 2 heterocycles. The molecule has 2 aromatic rings. The highest BCUT2D eigenvalue weighted by Gasteiger charge is 2.61. The lowest BCUT2D eigenvalue weighted by Gasteiger charge is -2.49. The molecule has 0 radical (unpaired) electrons. The Bertz CT molecular complexity index is 1020. The second-order valence-electron chi connectivity index (χ2n) is 7.20. The Morgan fingerprint density at radius 2 is 1.00 bits per heavy atom. The number of hydrogen-bond donors (Lipinski definition) is 2. The van der Waals surface area contributed by atoms with Crippen molar-refractivity contribution < 1.29 is 19.2 Å². The minimum absolute atomic E-state index is 0.304. The summed E-state index contributed by atoms with van der Waals surface area (Å²) in [7, 11) is 0.